The predicted molar refractivity (Wildman–Crippen MR) is 88.8 cm³/mol. The van der Waals surface area contributed by atoms with Gasteiger partial charge in [-0.3, -0.25) is 9.59 Å². The lowest BCUT2D eigenvalue weighted by Gasteiger charge is -2.31. The van der Waals surface area contributed by atoms with Crippen LogP contribution >= 0.6 is 0 Å². The van der Waals surface area contributed by atoms with Crippen LogP contribution in [0.25, 0.3) is 5.69 Å². The minimum atomic E-state index is -0.230. The van der Waals surface area contributed by atoms with Gasteiger partial charge >= 0.3 is 5.97 Å². The number of ether oxygens (including phenoxy) is 1. The van der Waals surface area contributed by atoms with Crippen molar-refractivity contribution in [3.8, 4) is 5.69 Å². The van der Waals surface area contributed by atoms with Gasteiger partial charge in [-0.2, -0.15) is 5.10 Å². The number of hydrogen-bond acceptors (Lipinski definition) is 4. The van der Waals surface area contributed by atoms with Crippen LogP contribution in [0.2, 0.25) is 0 Å². The topological polar surface area (TPSA) is 64.4 Å². The highest BCUT2D eigenvalue weighted by molar-refractivity contribution is 5.94. The van der Waals surface area contributed by atoms with Gasteiger partial charge in [-0.05, 0) is 31.9 Å². The average Bonchev–Trinajstić information content (AvgIpc) is 3.12. The first-order valence-electron chi connectivity index (χ1n) is 8.25. The van der Waals surface area contributed by atoms with Crippen molar-refractivity contribution in [2.75, 3.05) is 19.7 Å². The first-order valence-corrected chi connectivity index (χ1v) is 8.25. The van der Waals surface area contributed by atoms with Crippen LogP contribution in [0.3, 0.4) is 0 Å². The Kier molecular flexibility index (Phi) is 4.93. The molecule has 0 N–H and O–H groups in total. The molecule has 1 fully saturated rings. The summed E-state index contributed by atoms with van der Waals surface area (Å²) in [5, 5.41) is 4.26. The highest BCUT2D eigenvalue weighted by atomic mass is 16.5. The van der Waals surface area contributed by atoms with Crippen LogP contribution in [0.15, 0.2) is 42.7 Å². The first kappa shape index (κ1) is 16.2. The van der Waals surface area contributed by atoms with Gasteiger partial charge in [0.05, 0.1) is 30.0 Å². The normalized spacial score (nSPS) is 17.5. The molecule has 0 spiro atoms. The Labute approximate surface area is 141 Å². The van der Waals surface area contributed by atoms with E-state index >= 15 is 0 Å². The molecule has 1 amide bonds. The standard InChI is InChI=1S/C18H21N3O3/c1-2-24-18(23)14-7-6-10-20(12-14)17(22)15-11-19-21(13-15)16-8-4-3-5-9-16/h3-5,8-9,11,13-14H,2,6-7,10,12H2,1H3/t14-/m0/s1. The Bertz CT molecular complexity index is 711. The summed E-state index contributed by atoms with van der Waals surface area (Å²) < 4.78 is 6.76. The van der Waals surface area contributed by atoms with E-state index in [1.807, 2.05) is 30.3 Å². The summed E-state index contributed by atoms with van der Waals surface area (Å²) in [7, 11) is 0. The molecule has 2 heterocycles. The first-order chi connectivity index (χ1) is 11.7. The molecule has 1 aliphatic rings. The lowest BCUT2D eigenvalue weighted by atomic mass is 9.98. The molecule has 1 aromatic heterocycles. The third kappa shape index (κ3) is 3.48. The third-order valence-electron chi connectivity index (χ3n) is 4.18. The summed E-state index contributed by atoms with van der Waals surface area (Å²) in [6.07, 6.45) is 4.88. The number of esters is 1. The largest absolute Gasteiger partial charge is 0.466 e. The highest BCUT2D eigenvalue weighted by Crippen LogP contribution is 2.20. The number of carbonyl (C=O) groups excluding carboxylic acids is 2. The van der Waals surface area contributed by atoms with Gasteiger partial charge in [0.25, 0.3) is 5.91 Å². The van der Waals surface area contributed by atoms with Gasteiger partial charge in [0.15, 0.2) is 0 Å². The average molecular weight is 327 g/mol. The number of likely N-dealkylation sites (tertiary alicyclic amines) is 1. The Balaban J connectivity index is 1.70. The van der Waals surface area contributed by atoms with Crippen molar-refractivity contribution in [1.29, 1.82) is 0 Å². The molecule has 1 aromatic carbocycles. The molecule has 3 rings (SSSR count). The van der Waals surface area contributed by atoms with Crippen LogP contribution in [0.4, 0.5) is 0 Å². The number of aromatic nitrogens is 2. The summed E-state index contributed by atoms with van der Waals surface area (Å²) >= 11 is 0. The van der Waals surface area contributed by atoms with E-state index in [2.05, 4.69) is 5.10 Å². The van der Waals surface area contributed by atoms with E-state index in [1.165, 1.54) is 0 Å². The summed E-state index contributed by atoms with van der Waals surface area (Å²) in [6.45, 7) is 3.23. The molecular weight excluding hydrogens is 306 g/mol. The molecule has 0 aliphatic carbocycles. The molecule has 6 nitrogen and oxygen atoms in total. The molecule has 6 heteroatoms. The van der Waals surface area contributed by atoms with Crippen LogP contribution in [-0.4, -0.2) is 46.3 Å². The van der Waals surface area contributed by atoms with Crippen LogP contribution in [-0.2, 0) is 9.53 Å². The molecule has 2 aromatic rings. The molecule has 126 valence electrons. The lowest BCUT2D eigenvalue weighted by Crippen LogP contribution is -2.42. The van der Waals surface area contributed by atoms with Gasteiger partial charge in [0.1, 0.15) is 0 Å². The molecule has 0 saturated carbocycles. The maximum atomic E-state index is 12.7. The Hall–Kier alpha value is -2.63. The second kappa shape index (κ2) is 7.29. The number of hydrogen-bond donors (Lipinski definition) is 0. The number of nitrogens with zero attached hydrogens (tertiary/aromatic N) is 3. The van der Waals surface area contributed by atoms with Gasteiger partial charge in [-0.25, -0.2) is 4.68 Å². The summed E-state index contributed by atoms with van der Waals surface area (Å²) in [4.78, 5) is 26.3. The van der Waals surface area contributed by atoms with E-state index in [-0.39, 0.29) is 17.8 Å². The van der Waals surface area contributed by atoms with Crippen LogP contribution in [0.1, 0.15) is 30.1 Å². The fraction of sp³-hybridized carbons (Fsp3) is 0.389. The molecule has 0 unspecified atom stereocenters. The number of benzene rings is 1. The highest BCUT2D eigenvalue weighted by Gasteiger charge is 2.30. The molecule has 24 heavy (non-hydrogen) atoms. The van der Waals surface area contributed by atoms with E-state index in [0.29, 0.717) is 25.3 Å². The van der Waals surface area contributed by atoms with Crippen molar-refractivity contribution >= 4 is 11.9 Å². The summed E-state index contributed by atoms with van der Waals surface area (Å²) in [6, 6.07) is 9.64. The van der Waals surface area contributed by atoms with Crippen molar-refractivity contribution in [2.45, 2.75) is 19.8 Å². The van der Waals surface area contributed by atoms with Gasteiger partial charge < -0.3 is 9.64 Å². The number of rotatable bonds is 4. The van der Waals surface area contributed by atoms with Crippen LogP contribution in [0, 0.1) is 5.92 Å². The number of amides is 1. The van der Waals surface area contributed by atoms with Gasteiger partial charge in [-0.15, -0.1) is 0 Å². The van der Waals surface area contributed by atoms with Crippen molar-refractivity contribution in [2.24, 2.45) is 5.92 Å². The number of carbonyl (C=O) groups is 2. The fourth-order valence-electron chi connectivity index (χ4n) is 2.95. The minimum Gasteiger partial charge on any atom is -0.466 e. The Morgan fingerprint density at radius 2 is 2.08 bits per heavy atom. The molecule has 1 atom stereocenters. The van der Waals surface area contributed by atoms with Crippen molar-refractivity contribution < 1.29 is 14.3 Å². The SMILES string of the molecule is CCOC(=O)[C@H]1CCCN(C(=O)c2cnn(-c3ccccc3)c2)C1. The zero-order chi connectivity index (χ0) is 16.9. The van der Waals surface area contributed by atoms with Gasteiger partial charge in [0.2, 0.25) is 0 Å². The quantitative estimate of drug-likeness (QED) is 0.808. The van der Waals surface area contributed by atoms with E-state index in [0.717, 1.165) is 18.5 Å². The molecule has 0 radical (unpaired) electrons. The predicted octanol–water partition coefficient (Wildman–Crippen LogP) is 2.29. The zero-order valence-electron chi connectivity index (χ0n) is 13.7. The van der Waals surface area contributed by atoms with Crippen molar-refractivity contribution in [1.82, 2.24) is 14.7 Å². The third-order valence-corrected chi connectivity index (χ3v) is 4.18. The maximum Gasteiger partial charge on any atom is 0.310 e. The summed E-state index contributed by atoms with van der Waals surface area (Å²) in [5.41, 5.74) is 1.43. The zero-order valence-corrected chi connectivity index (χ0v) is 13.7. The molecular formula is C18H21N3O3. The number of piperidine rings is 1. The van der Waals surface area contributed by atoms with Crippen molar-refractivity contribution in [3.63, 3.8) is 0 Å². The molecule has 1 saturated heterocycles. The van der Waals surface area contributed by atoms with E-state index in [4.69, 9.17) is 4.74 Å². The van der Waals surface area contributed by atoms with Crippen LogP contribution in [0.5, 0.6) is 0 Å². The second-order valence-electron chi connectivity index (χ2n) is 5.85. The monoisotopic (exact) mass is 327 g/mol. The van der Waals surface area contributed by atoms with E-state index < -0.39 is 0 Å². The minimum absolute atomic E-state index is 0.0915. The van der Waals surface area contributed by atoms with Gasteiger partial charge in [-0.1, -0.05) is 18.2 Å². The van der Waals surface area contributed by atoms with E-state index in [1.54, 1.807) is 28.9 Å². The molecule has 0 bridgehead atoms. The molecule has 1 aliphatic heterocycles. The van der Waals surface area contributed by atoms with Crippen molar-refractivity contribution in [3.05, 3.63) is 48.3 Å². The fourth-order valence-corrected chi connectivity index (χ4v) is 2.95. The summed E-state index contributed by atoms with van der Waals surface area (Å²) in [5.74, 6) is -0.534. The van der Waals surface area contributed by atoms with Crippen LogP contribution < -0.4 is 0 Å². The Morgan fingerprint density at radius 3 is 2.83 bits per heavy atom. The Morgan fingerprint density at radius 1 is 1.29 bits per heavy atom. The van der Waals surface area contributed by atoms with E-state index in [9.17, 15) is 9.59 Å². The second-order valence-corrected chi connectivity index (χ2v) is 5.85. The van der Waals surface area contributed by atoms with Gasteiger partial charge in [0, 0.05) is 19.3 Å². The number of para-hydroxylation sites is 1. The lowest BCUT2D eigenvalue weighted by molar-refractivity contribution is -0.149. The smallest absolute Gasteiger partial charge is 0.310 e. The maximum absolute atomic E-state index is 12.7.